The van der Waals surface area contributed by atoms with Crippen molar-refractivity contribution in [1.82, 2.24) is 0 Å². The zero-order valence-corrected chi connectivity index (χ0v) is 17.6. The molecule has 3 aromatic carbocycles. The van der Waals surface area contributed by atoms with E-state index in [-0.39, 0.29) is 5.91 Å². The highest BCUT2D eigenvalue weighted by Crippen LogP contribution is 2.40. The second-order valence-electron chi connectivity index (χ2n) is 6.76. The van der Waals surface area contributed by atoms with Crippen LogP contribution in [-0.4, -0.2) is 27.2 Å². The Kier molecular flexibility index (Phi) is 6.80. The van der Waals surface area contributed by atoms with Gasteiger partial charge in [0.25, 0.3) is 5.91 Å². The Morgan fingerprint density at radius 3 is 1.93 bits per heavy atom. The number of amides is 1. The number of rotatable bonds is 8. The lowest BCUT2D eigenvalue weighted by molar-refractivity contribution is -0.117. The smallest absolute Gasteiger partial charge is 0.251 e. The number of hydrogen-bond donors (Lipinski definition) is 2. The van der Waals surface area contributed by atoms with Crippen LogP contribution in [0.4, 0.5) is 11.4 Å². The van der Waals surface area contributed by atoms with Crippen LogP contribution in [0.25, 0.3) is 0 Å². The fraction of sp³-hybridized carbons (Fsp3) is 0.208. The lowest BCUT2D eigenvalue weighted by Gasteiger charge is -2.22. The Labute approximate surface area is 176 Å². The third kappa shape index (κ3) is 4.84. The van der Waals surface area contributed by atoms with Crippen LogP contribution in [0.15, 0.2) is 66.7 Å². The number of carbonyl (C=O) groups excluding carboxylic acids is 1. The SMILES string of the molecule is COc1cc(N[C@H](C(=O)Nc2ccc(C)cc2)c2ccccc2)cc(OC)c1OC. The van der Waals surface area contributed by atoms with Gasteiger partial charge in [0.05, 0.1) is 21.3 Å². The van der Waals surface area contributed by atoms with Crippen LogP contribution in [0.2, 0.25) is 0 Å². The molecule has 0 unspecified atom stereocenters. The Morgan fingerprint density at radius 1 is 0.800 bits per heavy atom. The first-order valence-corrected chi connectivity index (χ1v) is 9.54. The number of aryl methyl sites for hydroxylation is 1. The molecular weight excluding hydrogens is 380 g/mol. The Bertz CT molecular complexity index is 963. The van der Waals surface area contributed by atoms with Crippen LogP contribution in [-0.2, 0) is 4.79 Å². The summed E-state index contributed by atoms with van der Waals surface area (Å²) in [5, 5.41) is 6.28. The van der Waals surface area contributed by atoms with Crippen LogP contribution < -0.4 is 24.8 Å². The van der Waals surface area contributed by atoms with Crippen molar-refractivity contribution in [3.8, 4) is 17.2 Å². The van der Waals surface area contributed by atoms with Crippen molar-refractivity contribution in [2.24, 2.45) is 0 Å². The molecular formula is C24H26N2O4. The summed E-state index contributed by atoms with van der Waals surface area (Å²) in [7, 11) is 4.66. The first-order chi connectivity index (χ1) is 14.5. The molecule has 0 aliphatic rings. The van der Waals surface area contributed by atoms with Crippen LogP contribution >= 0.6 is 0 Å². The zero-order chi connectivity index (χ0) is 21.5. The van der Waals surface area contributed by atoms with Crippen LogP contribution in [0.5, 0.6) is 17.2 Å². The number of methoxy groups -OCH3 is 3. The highest BCUT2D eigenvalue weighted by atomic mass is 16.5. The van der Waals surface area contributed by atoms with Crippen LogP contribution in [0, 0.1) is 6.92 Å². The van der Waals surface area contributed by atoms with Gasteiger partial charge >= 0.3 is 0 Å². The molecule has 2 N–H and O–H groups in total. The molecule has 156 valence electrons. The fourth-order valence-electron chi connectivity index (χ4n) is 3.13. The number of hydrogen-bond acceptors (Lipinski definition) is 5. The van der Waals surface area contributed by atoms with Crippen LogP contribution in [0.1, 0.15) is 17.2 Å². The monoisotopic (exact) mass is 406 g/mol. The van der Waals surface area contributed by atoms with E-state index in [9.17, 15) is 4.79 Å². The molecule has 30 heavy (non-hydrogen) atoms. The Balaban J connectivity index is 1.93. The van der Waals surface area contributed by atoms with Crippen molar-refractivity contribution in [2.45, 2.75) is 13.0 Å². The number of anilines is 2. The van der Waals surface area contributed by atoms with Gasteiger partial charge in [-0.1, -0.05) is 48.0 Å². The van der Waals surface area contributed by atoms with Gasteiger partial charge < -0.3 is 24.8 Å². The van der Waals surface area contributed by atoms with E-state index in [1.54, 1.807) is 33.5 Å². The van der Waals surface area contributed by atoms with Gasteiger partial charge in [-0.3, -0.25) is 4.79 Å². The summed E-state index contributed by atoms with van der Waals surface area (Å²) in [4.78, 5) is 13.2. The van der Waals surface area contributed by atoms with E-state index in [4.69, 9.17) is 14.2 Å². The summed E-state index contributed by atoms with van der Waals surface area (Å²) in [5.41, 5.74) is 3.36. The summed E-state index contributed by atoms with van der Waals surface area (Å²) in [6.07, 6.45) is 0. The molecule has 0 fully saturated rings. The molecule has 0 aliphatic heterocycles. The predicted molar refractivity (Wildman–Crippen MR) is 119 cm³/mol. The van der Waals surface area contributed by atoms with E-state index < -0.39 is 6.04 Å². The predicted octanol–water partition coefficient (Wildman–Crippen LogP) is 4.81. The van der Waals surface area contributed by atoms with E-state index in [0.29, 0.717) is 22.9 Å². The van der Waals surface area contributed by atoms with Crippen molar-refractivity contribution in [3.05, 3.63) is 77.9 Å². The van der Waals surface area contributed by atoms with Gasteiger partial charge in [-0.25, -0.2) is 0 Å². The molecule has 0 spiro atoms. The van der Waals surface area contributed by atoms with Crippen molar-refractivity contribution in [3.63, 3.8) is 0 Å². The highest BCUT2D eigenvalue weighted by molar-refractivity contribution is 5.97. The van der Waals surface area contributed by atoms with E-state index in [0.717, 1.165) is 16.8 Å². The lowest BCUT2D eigenvalue weighted by atomic mass is 10.1. The molecule has 0 saturated heterocycles. The Hall–Kier alpha value is -3.67. The van der Waals surface area contributed by atoms with Crippen molar-refractivity contribution in [1.29, 1.82) is 0 Å². The third-order valence-corrected chi connectivity index (χ3v) is 4.69. The molecule has 3 aromatic rings. The maximum absolute atomic E-state index is 13.2. The van der Waals surface area contributed by atoms with Crippen molar-refractivity contribution >= 4 is 17.3 Å². The molecule has 6 heteroatoms. The summed E-state index contributed by atoms with van der Waals surface area (Å²) in [6.45, 7) is 2.00. The largest absolute Gasteiger partial charge is 0.493 e. The molecule has 1 amide bonds. The minimum absolute atomic E-state index is 0.182. The van der Waals surface area contributed by atoms with E-state index in [1.165, 1.54) is 0 Å². The quantitative estimate of drug-likeness (QED) is 0.562. The van der Waals surface area contributed by atoms with Gasteiger partial charge in [0.15, 0.2) is 11.5 Å². The maximum Gasteiger partial charge on any atom is 0.251 e. The van der Waals surface area contributed by atoms with Crippen molar-refractivity contribution in [2.75, 3.05) is 32.0 Å². The molecule has 0 bridgehead atoms. The highest BCUT2D eigenvalue weighted by Gasteiger charge is 2.22. The summed E-state index contributed by atoms with van der Waals surface area (Å²) < 4.78 is 16.2. The van der Waals surface area contributed by atoms with Gasteiger partial charge in [-0.2, -0.15) is 0 Å². The average molecular weight is 406 g/mol. The molecule has 1 atom stereocenters. The minimum Gasteiger partial charge on any atom is -0.493 e. The lowest BCUT2D eigenvalue weighted by Crippen LogP contribution is -2.27. The third-order valence-electron chi connectivity index (χ3n) is 4.69. The topological polar surface area (TPSA) is 68.8 Å². The molecule has 0 aromatic heterocycles. The van der Waals surface area contributed by atoms with Gasteiger partial charge in [0.1, 0.15) is 6.04 Å². The van der Waals surface area contributed by atoms with Gasteiger partial charge in [0, 0.05) is 23.5 Å². The van der Waals surface area contributed by atoms with Crippen molar-refractivity contribution < 1.29 is 19.0 Å². The first kappa shape index (κ1) is 21.0. The zero-order valence-electron chi connectivity index (χ0n) is 17.6. The molecule has 0 aliphatic carbocycles. The standard InChI is InChI=1S/C24H26N2O4/c1-16-10-12-18(13-11-16)26-24(27)22(17-8-6-5-7-9-17)25-19-14-20(28-2)23(30-4)21(15-19)29-3/h5-15,22,25H,1-4H3,(H,26,27)/t22-/m0/s1. The Morgan fingerprint density at radius 2 is 1.40 bits per heavy atom. The van der Waals surface area contributed by atoms with Gasteiger partial charge in [-0.05, 0) is 24.6 Å². The second-order valence-corrected chi connectivity index (χ2v) is 6.76. The number of nitrogens with one attached hydrogen (secondary N) is 2. The second kappa shape index (κ2) is 9.69. The molecule has 6 nitrogen and oxygen atoms in total. The average Bonchev–Trinajstić information content (AvgIpc) is 2.78. The molecule has 0 radical (unpaired) electrons. The molecule has 3 rings (SSSR count). The summed E-state index contributed by atoms with van der Waals surface area (Å²) in [6, 6.07) is 20.1. The van der Waals surface area contributed by atoms with Gasteiger partial charge in [0.2, 0.25) is 5.75 Å². The van der Waals surface area contributed by atoms with Gasteiger partial charge in [-0.15, -0.1) is 0 Å². The number of benzene rings is 3. The minimum atomic E-state index is -0.629. The maximum atomic E-state index is 13.2. The summed E-state index contributed by atoms with van der Waals surface area (Å²) in [5.74, 6) is 1.32. The molecule has 0 saturated carbocycles. The number of ether oxygens (including phenoxy) is 3. The van der Waals surface area contributed by atoms with E-state index >= 15 is 0 Å². The molecule has 0 heterocycles. The van der Waals surface area contributed by atoms with E-state index in [2.05, 4.69) is 10.6 Å². The fourth-order valence-corrected chi connectivity index (χ4v) is 3.13. The normalized spacial score (nSPS) is 11.3. The van der Waals surface area contributed by atoms with E-state index in [1.807, 2.05) is 61.5 Å². The summed E-state index contributed by atoms with van der Waals surface area (Å²) >= 11 is 0. The van der Waals surface area contributed by atoms with Crippen LogP contribution in [0.3, 0.4) is 0 Å². The first-order valence-electron chi connectivity index (χ1n) is 9.54. The number of carbonyl (C=O) groups is 1.